The van der Waals surface area contributed by atoms with Crippen LogP contribution >= 0.6 is 35.7 Å². The topological polar surface area (TPSA) is 39.7 Å². The number of nitrogens with zero attached hydrogens (tertiary/aromatic N) is 2. The molecule has 6 heteroatoms. The van der Waals surface area contributed by atoms with Crippen LogP contribution in [0.25, 0.3) is 0 Å². The molecule has 1 aromatic carbocycles. The molecule has 4 nitrogen and oxygen atoms in total. The zero-order valence-corrected chi connectivity index (χ0v) is 16.6. The van der Waals surface area contributed by atoms with E-state index >= 15 is 0 Å². The monoisotopic (exact) mass is 434 g/mol. The normalized spacial score (nSPS) is 18.0. The van der Waals surface area contributed by atoms with Crippen molar-refractivity contribution >= 4 is 47.4 Å². The summed E-state index contributed by atoms with van der Waals surface area (Å²) in [6.45, 7) is 3.12. The van der Waals surface area contributed by atoms with E-state index < -0.39 is 0 Å². The van der Waals surface area contributed by atoms with Crippen LogP contribution in [-0.2, 0) is 0 Å². The van der Waals surface area contributed by atoms with E-state index in [1.807, 2.05) is 18.8 Å². The Bertz CT molecular complexity index is 441. The molecule has 0 aromatic heterocycles. The van der Waals surface area contributed by atoms with Crippen LogP contribution in [0.4, 0.5) is 5.69 Å². The molecule has 0 spiro atoms. The van der Waals surface area contributed by atoms with Gasteiger partial charge in [0.2, 0.25) is 0 Å². The van der Waals surface area contributed by atoms with Crippen LogP contribution in [0, 0.1) is 0 Å². The van der Waals surface area contributed by atoms with Gasteiger partial charge >= 0.3 is 0 Å². The summed E-state index contributed by atoms with van der Waals surface area (Å²) in [6.07, 6.45) is 4.47. The molecule has 0 radical (unpaired) electrons. The highest BCUT2D eigenvalue weighted by Gasteiger charge is 2.23. The van der Waals surface area contributed by atoms with E-state index in [-0.39, 0.29) is 24.0 Å². The van der Waals surface area contributed by atoms with Gasteiger partial charge in [0.15, 0.2) is 5.96 Å². The molecule has 1 atom stereocenters. The Morgan fingerprint density at radius 1 is 1.36 bits per heavy atom. The lowest BCUT2D eigenvalue weighted by atomic mass is 10.3. The first-order valence-corrected chi connectivity index (χ1v) is 8.99. The van der Waals surface area contributed by atoms with Crippen molar-refractivity contribution in [3.8, 4) is 0 Å². The van der Waals surface area contributed by atoms with Gasteiger partial charge < -0.3 is 15.5 Å². The molecule has 1 aliphatic heterocycles. The molecule has 1 aliphatic rings. The molecule has 124 valence electrons. The van der Waals surface area contributed by atoms with E-state index in [0.29, 0.717) is 6.04 Å². The zero-order chi connectivity index (χ0) is 14.9. The molecule has 0 bridgehead atoms. The summed E-state index contributed by atoms with van der Waals surface area (Å²) in [5.74, 6) is 2.12. The average Bonchev–Trinajstić information content (AvgIpc) is 3.00. The third kappa shape index (κ3) is 6.24. The number of benzene rings is 1. The van der Waals surface area contributed by atoms with Crippen LogP contribution in [0.15, 0.2) is 35.3 Å². The second-order valence-electron chi connectivity index (χ2n) is 5.26. The number of rotatable bonds is 6. The number of halogens is 1. The van der Waals surface area contributed by atoms with Crippen molar-refractivity contribution in [2.75, 3.05) is 43.6 Å². The van der Waals surface area contributed by atoms with Crippen LogP contribution in [0.5, 0.6) is 0 Å². The van der Waals surface area contributed by atoms with Gasteiger partial charge in [-0.15, -0.1) is 24.0 Å². The fourth-order valence-corrected chi connectivity index (χ4v) is 3.00. The van der Waals surface area contributed by atoms with Gasteiger partial charge in [-0.1, -0.05) is 18.2 Å². The predicted molar refractivity (Wildman–Crippen MR) is 110 cm³/mol. The lowest BCUT2D eigenvalue weighted by Gasteiger charge is -2.20. The van der Waals surface area contributed by atoms with Crippen molar-refractivity contribution in [3.63, 3.8) is 0 Å². The Kier molecular flexibility index (Phi) is 9.70. The SMILES string of the molecule is CN=C(NCCCSC)NC1CCN(c2ccccc2)C1.I. The lowest BCUT2D eigenvalue weighted by molar-refractivity contribution is 0.647. The number of anilines is 1. The van der Waals surface area contributed by atoms with Crippen molar-refractivity contribution in [1.82, 2.24) is 10.6 Å². The van der Waals surface area contributed by atoms with E-state index in [1.54, 1.807) is 0 Å². The first-order chi connectivity index (χ1) is 10.3. The fraction of sp³-hybridized carbons (Fsp3) is 0.562. The van der Waals surface area contributed by atoms with Gasteiger partial charge in [-0.05, 0) is 37.0 Å². The molecular formula is C16H27IN4S. The summed E-state index contributed by atoms with van der Waals surface area (Å²) in [4.78, 5) is 6.75. The first-order valence-electron chi connectivity index (χ1n) is 7.59. The minimum Gasteiger partial charge on any atom is -0.369 e. The predicted octanol–water partition coefficient (Wildman–Crippen LogP) is 2.80. The maximum Gasteiger partial charge on any atom is 0.191 e. The summed E-state index contributed by atoms with van der Waals surface area (Å²) < 4.78 is 0. The molecule has 0 aliphatic carbocycles. The Balaban J connectivity index is 0.00000242. The number of guanidine groups is 1. The van der Waals surface area contributed by atoms with Gasteiger partial charge in [-0.3, -0.25) is 4.99 Å². The molecule has 0 amide bonds. The van der Waals surface area contributed by atoms with Crippen LogP contribution in [-0.4, -0.2) is 50.7 Å². The Labute approximate surface area is 155 Å². The number of hydrogen-bond donors (Lipinski definition) is 2. The number of hydrogen-bond acceptors (Lipinski definition) is 3. The first kappa shape index (κ1) is 19.4. The molecule has 1 unspecified atom stereocenters. The fourth-order valence-electron chi connectivity index (χ4n) is 2.56. The molecule has 1 heterocycles. The van der Waals surface area contributed by atoms with Gasteiger partial charge in [-0.2, -0.15) is 11.8 Å². The van der Waals surface area contributed by atoms with E-state index in [9.17, 15) is 0 Å². The van der Waals surface area contributed by atoms with E-state index in [4.69, 9.17) is 0 Å². The summed E-state index contributed by atoms with van der Waals surface area (Å²) in [5.41, 5.74) is 1.31. The number of nitrogens with one attached hydrogen (secondary N) is 2. The number of aliphatic imine (C=N–C) groups is 1. The zero-order valence-electron chi connectivity index (χ0n) is 13.4. The third-order valence-corrected chi connectivity index (χ3v) is 4.39. The maximum atomic E-state index is 4.32. The highest BCUT2D eigenvalue weighted by Crippen LogP contribution is 2.19. The van der Waals surface area contributed by atoms with E-state index in [2.05, 4.69) is 57.1 Å². The molecule has 2 rings (SSSR count). The van der Waals surface area contributed by atoms with Gasteiger partial charge in [0.05, 0.1) is 0 Å². The Morgan fingerprint density at radius 3 is 2.82 bits per heavy atom. The highest BCUT2D eigenvalue weighted by molar-refractivity contribution is 14.0. The van der Waals surface area contributed by atoms with Crippen LogP contribution in [0.2, 0.25) is 0 Å². The van der Waals surface area contributed by atoms with Gasteiger partial charge in [0.25, 0.3) is 0 Å². The van der Waals surface area contributed by atoms with Gasteiger partial charge in [0, 0.05) is 38.4 Å². The van der Waals surface area contributed by atoms with E-state index in [0.717, 1.165) is 32.0 Å². The maximum absolute atomic E-state index is 4.32. The lowest BCUT2D eigenvalue weighted by Crippen LogP contribution is -2.44. The highest BCUT2D eigenvalue weighted by atomic mass is 127. The number of thioether (sulfide) groups is 1. The summed E-state index contributed by atoms with van der Waals surface area (Å²) >= 11 is 1.88. The second-order valence-corrected chi connectivity index (χ2v) is 6.24. The molecule has 2 N–H and O–H groups in total. The average molecular weight is 434 g/mol. The third-order valence-electron chi connectivity index (χ3n) is 3.69. The Hall–Kier alpha value is -0.630. The molecule has 1 fully saturated rings. The summed E-state index contributed by atoms with van der Waals surface area (Å²) in [5, 5.41) is 6.93. The van der Waals surface area contributed by atoms with E-state index in [1.165, 1.54) is 17.9 Å². The largest absolute Gasteiger partial charge is 0.369 e. The van der Waals surface area contributed by atoms with Gasteiger partial charge in [-0.25, -0.2) is 0 Å². The summed E-state index contributed by atoms with van der Waals surface area (Å²) in [6, 6.07) is 11.1. The molecule has 1 aromatic rings. The van der Waals surface area contributed by atoms with Crippen LogP contribution in [0.3, 0.4) is 0 Å². The summed E-state index contributed by atoms with van der Waals surface area (Å²) in [7, 11) is 1.84. The molecular weight excluding hydrogens is 407 g/mol. The minimum absolute atomic E-state index is 0. The van der Waals surface area contributed by atoms with Crippen molar-refractivity contribution in [3.05, 3.63) is 30.3 Å². The van der Waals surface area contributed by atoms with Crippen molar-refractivity contribution in [2.45, 2.75) is 18.9 Å². The Morgan fingerprint density at radius 2 is 2.14 bits per heavy atom. The van der Waals surface area contributed by atoms with Gasteiger partial charge in [0.1, 0.15) is 0 Å². The van der Waals surface area contributed by atoms with Crippen LogP contribution < -0.4 is 15.5 Å². The molecule has 0 saturated carbocycles. The standard InChI is InChI=1S/C16H26N4S.HI/c1-17-16(18-10-6-12-21-2)19-14-9-11-20(13-14)15-7-4-3-5-8-15;/h3-5,7-8,14H,6,9-13H2,1-2H3,(H2,17,18,19);1H. The van der Waals surface area contributed by atoms with Crippen molar-refractivity contribution < 1.29 is 0 Å². The quantitative estimate of drug-likeness (QED) is 0.313. The smallest absolute Gasteiger partial charge is 0.191 e. The van der Waals surface area contributed by atoms with Crippen LogP contribution in [0.1, 0.15) is 12.8 Å². The van der Waals surface area contributed by atoms with Crippen molar-refractivity contribution in [2.24, 2.45) is 4.99 Å². The number of para-hydroxylation sites is 1. The second kappa shape index (κ2) is 11.0. The molecule has 22 heavy (non-hydrogen) atoms. The molecule has 1 saturated heterocycles. The minimum atomic E-state index is 0. The van der Waals surface area contributed by atoms with Crippen molar-refractivity contribution in [1.29, 1.82) is 0 Å².